The van der Waals surface area contributed by atoms with Gasteiger partial charge in [-0.05, 0) is 0 Å². The van der Waals surface area contributed by atoms with Crippen LogP contribution in [-0.2, 0) is 4.74 Å². The average Bonchev–Trinajstić information content (AvgIpc) is 2.54. The number of aliphatic hydroxyl groups is 6. The van der Waals surface area contributed by atoms with Crippen molar-refractivity contribution in [2.75, 3.05) is 13.2 Å². The number of hydrogen-bond donors (Lipinski definition) is 6. The summed E-state index contributed by atoms with van der Waals surface area (Å²) in [6.07, 6.45) is -7.29. The van der Waals surface area contributed by atoms with Crippen molar-refractivity contribution >= 4 is 0 Å². The fourth-order valence-corrected chi connectivity index (χ4v) is 1.41. The summed E-state index contributed by atoms with van der Waals surface area (Å²) in [6.45, 7) is -1.28. The van der Waals surface area contributed by atoms with E-state index in [4.69, 9.17) is 20.1 Å². The molecule has 0 saturated carbocycles. The van der Waals surface area contributed by atoms with Crippen molar-refractivity contribution in [2.45, 2.75) is 30.5 Å². The lowest BCUT2D eigenvalue weighted by Gasteiger charge is -2.23. The fraction of sp³-hybridized carbons (Fsp3) is 0.875. The molecule has 0 aromatic heterocycles. The number of rotatable bonds is 4. The molecule has 0 aromatic carbocycles. The van der Waals surface area contributed by atoms with Gasteiger partial charge >= 0.3 is 0 Å². The molecule has 6 N–H and O–H groups in total. The summed E-state index contributed by atoms with van der Waals surface area (Å²) in [5, 5.41) is 54.5. The highest BCUT2D eigenvalue weighted by molar-refractivity contribution is 5.05. The SMILES string of the molecule is OC[C]1O[C@H]([C@H](O)[C@@H](O)CO)[C@H](O)[C@@H]1O. The molecule has 89 valence electrons. The maximum Gasteiger partial charge on any atom is 0.154 e. The minimum Gasteiger partial charge on any atom is -0.394 e. The average molecular weight is 223 g/mol. The second-order valence-electron chi connectivity index (χ2n) is 3.38. The Bertz CT molecular complexity index is 199. The van der Waals surface area contributed by atoms with Crippen molar-refractivity contribution in [2.24, 2.45) is 0 Å². The van der Waals surface area contributed by atoms with Crippen LogP contribution < -0.4 is 0 Å². The van der Waals surface area contributed by atoms with Gasteiger partial charge < -0.3 is 35.4 Å². The Morgan fingerprint density at radius 1 is 1.20 bits per heavy atom. The van der Waals surface area contributed by atoms with Crippen molar-refractivity contribution in [3.05, 3.63) is 6.10 Å². The first kappa shape index (κ1) is 12.8. The van der Waals surface area contributed by atoms with E-state index in [1.807, 2.05) is 0 Å². The lowest BCUT2D eigenvalue weighted by Crippen LogP contribution is -2.46. The van der Waals surface area contributed by atoms with Gasteiger partial charge in [-0.15, -0.1) is 0 Å². The smallest absolute Gasteiger partial charge is 0.154 e. The lowest BCUT2D eigenvalue weighted by molar-refractivity contribution is -0.110. The van der Waals surface area contributed by atoms with Crippen LogP contribution in [0.4, 0.5) is 0 Å². The lowest BCUT2D eigenvalue weighted by atomic mass is 10.0. The standard InChI is InChI=1S/C8H15O7/c9-1-3(11)5(12)8-7(14)6(13)4(2-10)15-8/h3,5-14H,1-2H2/t3-,5+,6+,7+,8+/m0/s1. The van der Waals surface area contributed by atoms with Gasteiger partial charge in [0.05, 0.1) is 13.2 Å². The Hall–Kier alpha value is -0.280. The molecule has 7 nitrogen and oxygen atoms in total. The van der Waals surface area contributed by atoms with E-state index in [-0.39, 0.29) is 6.10 Å². The van der Waals surface area contributed by atoms with Crippen LogP contribution in [0.2, 0.25) is 0 Å². The monoisotopic (exact) mass is 223 g/mol. The van der Waals surface area contributed by atoms with Crippen molar-refractivity contribution in [3.63, 3.8) is 0 Å². The predicted octanol–water partition coefficient (Wildman–Crippen LogP) is -3.65. The zero-order chi connectivity index (χ0) is 11.6. The van der Waals surface area contributed by atoms with Crippen LogP contribution in [0.3, 0.4) is 0 Å². The Kier molecular flexibility index (Phi) is 4.41. The van der Waals surface area contributed by atoms with Gasteiger partial charge in [0.15, 0.2) is 6.10 Å². The molecule has 1 fully saturated rings. The Morgan fingerprint density at radius 3 is 2.20 bits per heavy atom. The molecule has 1 aliphatic heterocycles. The molecule has 1 rings (SSSR count). The molecule has 1 radical (unpaired) electrons. The molecule has 1 heterocycles. The molecule has 5 atom stereocenters. The highest BCUT2D eigenvalue weighted by Gasteiger charge is 2.47. The van der Waals surface area contributed by atoms with Crippen LogP contribution in [0.25, 0.3) is 0 Å². The number of ether oxygens (including phenoxy) is 1. The maximum absolute atomic E-state index is 9.42. The summed E-state index contributed by atoms with van der Waals surface area (Å²) in [5.41, 5.74) is 0. The van der Waals surface area contributed by atoms with Gasteiger partial charge in [-0.1, -0.05) is 0 Å². The number of hydrogen-bond acceptors (Lipinski definition) is 7. The largest absolute Gasteiger partial charge is 0.394 e. The first-order valence-electron chi connectivity index (χ1n) is 4.49. The Balaban J connectivity index is 2.64. The maximum atomic E-state index is 9.42. The molecule has 0 aliphatic carbocycles. The highest BCUT2D eigenvalue weighted by Crippen LogP contribution is 2.29. The van der Waals surface area contributed by atoms with Gasteiger partial charge in [-0.2, -0.15) is 0 Å². The third-order valence-corrected chi connectivity index (χ3v) is 2.35. The third-order valence-electron chi connectivity index (χ3n) is 2.35. The second-order valence-corrected chi connectivity index (χ2v) is 3.38. The molecular formula is C8H15O7. The van der Waals surface area contributed by atoms with E-state index < -0.39 is 43.7 Å². The first-order valence-corrected chi connectivity index (χ1v) is 4.49. The van der Waals surface area contributed by atoms with Crippen LogP contribution >= 0.6 is 0 Å². The summed E-state index contributed by atoms with van der Waals surface area (Å²) >= 11 is 0. The topological polar surface area (TPSA) is 131 Å². The van der Waals surface area contributed by atoms with Crippen LogP contribution in [0.15, 0.2) is 0 Å². The predicted molar refractivity (Wildman–Crippen MR) is 46.3 cm³/mol. The molecule has 15 heavy (non-hydrogen) atoms. The number of aliphatic hydroxyl groups excluding tert-OH is 6. The zero-order valence-corrected chi connectivity index (χ0v) is 7.89. The van der Waals surface area contributed by atoms with E-state index in [2.05, 4.69) is 0 Å². The molecule has 0 unspecified atom stereocenters. The van der Waals surface area contributed by atoms with E-state index in [0.29, 0.717) is 0 Å². The molecule has 7 heteroatoms. The summed E-state index contributed by atoms with van der Waals surface area (Å²) in [7, 11) is 0. The van der Waals surface area contributed by atoms with Gasteiger partial charge in [0, 0.05) is 0 Å². The summed E-state index contributed by atoms with van der Waals surface area (Å²) in [5.74, 6) is 0. The van der Waals surface area contributed by atoms with Gasteiger partial charge in [0.2, 0.25) is 0 Å². The molecule has 0 amide bonds. The van der Waals surface area contributed by atoms with Crippen LogP contribution in [0, 0.1) is 6.10 Å². The van der Waals surface area contributed by atoms with Gasteiger partial charge in [0.1, 0.15) is 30.5 Å². The van der Waals surface area contributed by atoms with Crippen molar-refractivity contribution in [3.8, 4) is 0 Å². The zero-order valence-electron chi connectivity index (χ0n) is 7.89. The second kappa shape index (κ2) is 5.17. The van der Waals surface area contributed by atoms with Crippen molar-refractivity contribution in [1.29, 1.82) is 0 Å². The minimum absolute atomic E-state index is 0.170. The summed E-state index contributed by atoms with van der Waals surface area (Å²) < 4.78 is 4.87. The normalized spacial score (nSPS) is 36.8. The minimum atomic E-state index is -1.54. The van der Waals surface area contributed by atoms with Crippen LogP contribution in [0.1, 0.15) is 0 Å². The van der Waals surface area contributed by atoms with Crippen molar-refractivity contribution in [1.82, 2.24) is 0 Å². The van der Waals surface area contributed by atoms with E-state index in [1.165, 1.54) is 0 Å². The van der Waals surface area contributed by atoms with Gasteiger partial charge in [-0.25, -0.2) is 0 Å². The van der Waals surface area contributed by atoms with E-state index in [0.717, 1.165) is 0 Å². The van der Waals surface area contributed by atoms with E-state index >= 15 is 0 Å². The summed E-state index contributed by atoms with van der Waals surface area (Å²) in [6, 6.07) is 0. The molecule has 1 saturated heterocycles. The molecule has 0 aromatic rings. The van der Waals surface area contributed by atoms with Gasteiger partial charge in [0.25, 0.3) is 0 Å². The van der Waals surface area contributed by atoms with Crippen LogP contribution in [-0.4, -0.2) is 74.4 Å². The molecule has 0 bridgehead atoms. The third kappa shape index (κ3) is 2.45. The quantitative estimate of drug-likeness (QED) is 0.289. The van der Waals surface area contributed by atoms with Crippen LogP contribution in [0.5, 0.6) is 0 Å². The van der Waals surface area contributed by atoms with Crippen molar-refractivity contribution < 1.29 is 35.4 Å². The van der Waals surface area contributed by atoms with E-state index in [9.17, 15) is 15.3 Å². The highest BCUT2D eigenvalue weighted by atomic mass is 16.6. The Morgan fingerprint density at radius 2 is 1.80 bits per heavy atom. The van der Waals surface area contributed by atoms with Gasteiger partial charge in [-0.3, -0.25) is 0 Å². The van der Waals surface area contributed by atoms with E-state index in [1.54, 1.807) is 0 Å². The Labute approximate surface area is 86.2 Å². The first-order chi connectivity index (χ1) is 7.02. The summed E-state index contributed by atoms with van der Waals surface area (Å²) in [4.78, 5) is 0. The molecule has 0 spiro atoms. The fourth-order valence-electron chi connectivity index (χ4n) is 1.41. The molecule has 1 aliphatic rings. The molecular weight excluding hydrogens is 208 g/mol.